The molecule has 63 heavy (non-hydrogen) atoms. The number of amides is 2. The molecule has 3 aromatic carbocycles. The summed E-state index contributed by atoms with van der Waals surface area (Å²) >= 11 is 0. The third-order valence-electron chi connectivity index (χ3n) is 12.0. The molecule has 10 unspecified atom stereocenters. The van der Waals surface area contributed by atoms with Crippen molar-refractivity contribution in [3.8, 4) is 34.1 Å². The Kier molecular flexibility index (Phi) is 12.0. The number of benzene rings is 3. The highest BCUT2D eigenvalue weighted by atomic mass is 16.7. The Labute approximate surface area is 357 Å². The van der Waals surface area contributed by atoms with Crippen molar-refractivity contribution in [3.05, 3.63) is 68.8 Å². The molecule has 338 valence electrons. The molecular weight excluding hydrogens is 836 g/mol. The lowest BCUT2D eigenvalue weighted by molar-refractivity contribution is -0.344. The second kappa shape index (κ2) is 16.7. The van der Waals surface area contributed by atoms with Crippen molar-refractivity contribution in [1.82, 2.24) is 10.2 Å². The van der Waals surface area contributed by atoms with Crippen LogP contribution in [0.4, 0.5) is 0 Å². The molecule has 4 aliphatic rings. The molecule has 12 atom stereocenters. The Morgan fingerprint density at radius 3 is 2.11 bits per heavy atom. The molecular formula is C42H46N2O19. The second-order valence-electron chi connectivity index (χ2n) is 15.9. The Hall–Kier alpha value is -5.75. The van der Waals surface area contributed by atoms with Gasteiger partial charge in [0.2, 0.25) is 5.91 Å². The molecule has 2 saturated heterocycles. The van der Waals surface area contributed by atoms with E-state index in [9.17, 15) is 69.9 Å². The van der Waals surface area contributed by atoms with Gasteiger partial charge in [-0.3, -0.25) is 24.0 Å². The Morgan fingerprint density at radius 2 is 1.48 bits per heavy atom. The van der Waals surface area contributed by atoms with Crippen LogP contribution in [0.1, 0.15) is 91.9 Å². The van der Waals surface area contributed by atoms with E-state index >= 15 is 0 Å². The minimum Gasteiger partial charge on any atom is -0.507 e. The number of aliphatic carboxylic acids is 1. The van der Waals surface area contributed by atoms with Crippen molar-refractivity contribution in [2.75, 3.05) is 20.8 Å². The second-order valence-corrected chi connectivity index (χ2v) is 15.9. The molecule has 0 radical (unpaired) electrons. The number of aromatic hydroxyl groups is 3. The first-order valence-electron chi connectivity index (χ1n) is 19.6. The number of ether oxygens (including phenoxy) is 5. The van der Waals surface area contributed by atoms with E-state index in [2.05, 4.69) is 5.32 Å². The highest BCUT2D eigenvalue weighted by Gasteiger charge is 2.53. The van der Waals surface area contributed by atoms with Gasteiger partial charge in [-0.25, -0.2) is 0 Å². The molecule has 10 N–H and O–H groups in total. The van der Waals surface area contributed by atoms with E-state index in [0.717, 1.165) is 12.1 Å². The predicted molar refractivity (Wildman–Crippen MR) is 210 cm³/mol. The molecule has 0 aromatic heterocycles. The smallest absolute Gasteiger partial charge is 0.325 e. The van der Waals surface area contributed by atoms with Crippen LogP contribution >= 0.6 is 0 Å². The largest absolute Gasteiger partial charge is 0.507 e. The summed E-state index contributed by atoms with van der Waals surface area (Å²) in [6.07, 6.45) is -16.7. The maximum absolute atomic E-state index is 14.1. The molecule has 2 aliphatic heterocycles. The molecule has 21 heteroatoms. The lowest BCUT2D eigenvalue weighted by atomic mass is 9.74. The minimum absolute atomic E-state index is 0.000549. The molecule has 2 heterocycles. The molecule has 0 saturated carbocycles. The Balaban J connectivity index is 1.38. The maximum Gasteiger partial charge on any atom is 0.325 e. The van der Waals surface area contributed by atoms with Crippen molar-refractivity contribution >= 4 is 29.4 Å². The number of hydrogen-bond donors (Lipinski definition) is 10. The number of phenols is 3. The van der Waals surface area contributed by atoms with Gasteiger partial charge >= 0.3 is 5.97 Å². The van der Waals surface area contributed by atoms with Crippen molar-refractivity contribution in [3.63, 3.8) is 0 Å². The number of nitrogens with zero attached hydrogens (tertiary/aromatic N) is 1. The summed E-state index contributed by atoms with van der Waals surface area (Å²) < 4.78 is 29.1. The van der Waals surface area contributed by atoms with Gasteiger partial charge in [0.05, 0.1) is 42.6 Å². The van der Waals surface area contributed by atoms with E-state index in [-0.39, 0.29) is 28.0 Å². The van der Waals surface area contributed by atoms with Gasteiger partial charge in [0, 0.05) is 42.3 Å². The number of aryl methyl sites for hydroxylation is 1. The van der Waals surface area contributed by atoms with Crippen molar-refractivity contribution in [2.45, 2.75) is 101 Å². The standard InChI is InChI=1S/C42H46N2O19/c1-12-7-20-26(33(52)23(12)39(56)43-13(2)40(57)58)25-18(10-19-27(34(25)53)30(49)17-8-16(59-6)9-21(46)24(17)29(19)48)31(50)37(20)62-42-36(55)38(28(14(3)61-42)44(5)15(4)45)63-41-35(54)32(51)22(47)11-60-41/h7-10,13-14,22,28,31-32,35-38,41-42,46-47,50-55H,11H2,1-6H3,(H,43,56)(H,57,58)/t13?,14?,22?,28?,31-,32?,35?,36?,37-,38?,41?,42?/m0/s1. The van der Waals surface area contributed by atoms with Gasteiger partial charge in [-0.2, -0.15) is 0 Å². The topological polar surface area (TPSA) is 329 Å². The molecule has 0 spiro atoms. The van der Waals surface area contributed by atoms with Crippen LogP contribution in [-0.4, -0.2) is 162 Å². The third kappa shape index (κ3) is 7.43. The number of likely N-dealkylation sites (N-methyl/N-ethyl adjacent to an activating group) is 1. The van der Waals surface area contributed by atoms with E-state index in [0.29, 0.717) is 0 Å². The number of nitrogens with one attached hydrogen (secondary N) is 1. The quantitative estimate of drug-likeness (QED) is 0.103. The number of hydrogen-bond acceptors (Lipinski definition) is 18. The zero-order chi connectivity index (χ0) is 46.3. The number of fused-ring (bicyclic) bond motifs is 5. The van der Waals surface area contributed by atoms with Crippen LogP contribution in [0, 0.1) is 6.92 Å². The molecule has 2 aliphatic carbocycles. The van der Waals surface area contributed by atoms with Crippen LogP contribution in [0.2, 0.25) is 0 Å². The fourth-order valence-corrected chi connectivity index (χ4v) is 8.62. The number of methoxy groups -OCH3 is 1. The zero-order valence-corrected chi connectivity index (χ0v) is 34.5. The van der Waals surface area contributed by atoms with Crippen LogP contribution in [0.5, 0.6) is 23.0 Å². The molecule has 7 rings (SSSR count). The van der Waals surface area contributed by atoms with Crippen molar-refractivity contribution in [2.24, 2.45) is 0 Å². The van der Waals surface area contributed by atoms with Gasteiger partial charge in [0.25, 0.3) is 5.91 Å². The molecule has 3 aromatic rings. The van der Waals surface area contributed by atoms with Crippen LogP contribution in [0.3, 0.4) is 0 Å². The lowest BCUT2D eigenvalue weighted by Crippen LogP contribution is -2.66. The summed E-state index contributed by atoms with van der Waals surface area (Å²) in [6, 6.07) is 2.02. The van der Waals surface area contributed by atoms with Gasteiger partial charge in [-0.05, 0) is 49.6 Å². The number of carbonyl (C=O) groups excluding carboxylic acids is 4. The Bertz CT molecular complexity index is 2420. The number of ketones is 2. The van der Waals surface area contributed by atoms with Gasteiger partial charge in [-0.15, -0.1) is 0 Å². The molecule has 2 amide bonds. The normalized spacial score (nSPS) is 29.1. The van der Waals surface area contributed by atoms with E-state index in [1.807, 2.05) is 0 Å². The Morgan fingerprint density at radius 1 is 0.841 bits per heavy atom. The van der Waals surface area contributed by atoms with Gasteiger partial charge in [0.15, 0.2) is 24.1 Å². The van der Waals surface area contributed by atoms with Crippen LogP contribution in [0.25, 0.3) is 11.1 Å². The zero-order valence-electron chi connectivity index (χ0n) is 34.5. The summed E-state index contributed by atoms with van der Waals surface area (Å²) in [5.74, 6) is -7.32. The first-order chi connectivity index (χ1) is 29.6. The average Bonchev–Trinajstić information content (AvgIpc) is 3.22. The predicted octanol–water partition coefficient (Wildman–Crippen LogP) is -0.353. The monoisotopic (exact) mass is 882 g/mol. The van der Waals surface area contributed by atoms with Crippen molar-refractivity contribution in [1.29, 1.82) is 0 Å². The number of phenolic OH excluding ortho intramolecular Hbond substituents is 3. The lowest BCUT2D eigenvalue weighted by Gasteiger charge is -2.49. The summed E-state index contributed by atoms with van der Waals surface area (Å²) in [5.41, 5.74) is -3.68. The van der Waals surface area contributed by atoms with Gasteiger partial charge in [0.1, 0.15) is 71.8 Å². The van der Waals surface area contributed by atoms with Crippen LogP contribution in [-0.2, 0) is 28.5 Å². The third-order valence-corrected chi connectivity index (χ3v) is 12.0. The SMILES string of the molecule is COc1cc(O)c2c(c1)C(=O)c1c(cc3c(c1O)-c1c(cc(C)c(C(=O)NC(C)C(=O)O)c1O)[C@H](OC1OC(C)C(N(C)C(C)=O)C(OC4OCC(O)C(O)C4O)C1O)[C@H]3O)C2=O. The molecule has 0 bridgehead atoms. The van der Waals surface area contributed by atoms with E-state index < -0.39 is 160 Å². The van der Waals surface area contributed by atoms with E-state index in [1.165, 1.54) is 58.9 Å². The van der Waals surface area contributed by atoms with Crippen LogP contribution < -0.4 is 10.1 Å². The van der Waals surface area contributed by atoms with Crippen LogP contribution in [0.15, 0.2) is 24.3 Å². The number of rotatable bonds is 9. The number of carboxylic acid groups (broad SMARTS) is 1. The maximum atomic E-state index is 14.1. The highest BCUT2D eigenvalue weighted by Crippen LogP contribution is 2.57. The minimum atomic E-state index is -1.95. The van der Waals surface area contributed by atoms with E-state index in [1.54, 1.807) is 0 Å². The highest BCUT2D eigenvalue weighted by molar-refractivity contribution is 6.31. The summed E-state index contributed by atoms with van der Waals surface area (Å²) in [7, 11) is 2.64. The summed E-state index contributed by atoms with van der Waals surface area (Å²) in [6.45, 7) is 4.79. The fraction of sp³-hybridized carbons (Fsp3) is 0.452. The van der Waals surface area contributed by atoms with Gasteiger partial charge in [-0.1, -0.05) is 6.07 Å². The van der Waals surface area contributed by atoms with Gasteiger partial charge < -0.3 is 79.9 Å². The average molecular weight is 883 g/mol. The summed E-state index contributed by atoms with van der Waals surface area (Å²) in [5, 5.41) is 102. The van der Waals surface area contributed by atoms with E-state index in [4.69, 9.17) is 23.7 Å². The van der Waals surface area contributed by atoms with Crippen molar-refractivity contribution < 1.29 is 93.6 Å². The first-order valence-corrected chi connectivity index (χ1v) is 19.6. The number of aliphatic hydroxyl groups excluding tert-OH is 5. The molecule has 2 fully saturated rings. The number of carboxylic acids is 1. The fourth-order valence-electron chi connectivity index (χ4n) is 8.62. The number of aliphatic hydroxyl groups is 5. The molecule has 21 nitrogen and oxygen atoms in total. The number of carbonyl (C=O) groups is 5. The summed E-state index contributed by atoms with van der Waals surface area (Å²) in [4.78, 5) is 67.3. The first kappa shape index (κ1) is 45.3.